The summed E-state index contributed by atoms with van der Waals surface area (Å²) in [5, 5.41) is 28.3. The summed E-state index contributed by atoms with van der Waals surface area (Å²) in [5.41, 5.74) is 3.69. The molecule has 34 heavy (non-hydrogen) atoms. The first kappa shape index (κ1) is 21.3. The van der Waals surface area contributed by atoms with Crippen molar-refractivity contribution in [2.75, 3.05) is 6.54 Å². The number of carbonyl (C=O) groups excluding carboxylic acids is 1. The number of amides is 1. The van der Waals surface area contributed by atoms with Gasteiger partial charge in [0.25, 0.3) is 5.91 Å². The topological polar surface area (TPSA) is 126 Å². The van der Waals surface area contributed by atoms with E-state index in [0.29, 0.717) is 22.6 Å². The van der Waals surface area contributed by atoms with Gasteiger partial charge >= 0.3 is 0 Å². The minimum absolute atomic E-state index is 0.105. The number of nitrogens with zero attached hydrogens (tertiary/aromatic N) is 6. The lowest BCUT2D eigenvalue weighted by Crippen LogP contribution is -2.37. The molecule has 0 spiro atoms. The molecule has 0 saturated carbocycles. The van der Waals surface area contributed by atoms with Gasteiger partial charge in [0.15, 0.2) is 5.69 Å². The molecule has 0 radical (unpaired) electrons. The minimum atomic E-state index is -0.414. The highest BCUT2D eigenvalue weighted by Gasteiger charge is 2.20. The van der Waals surface area contributed by atoms with Crippen LogP contribution >= 0.6 is 0 Å². The standard InChI is InChI=1S/C24H21N7O3/c1-14(21-13-17-12-16(8-9-20(17)34-21)23-27-29-30(3)28-23)10-11-25-24(32)22-15(2)31(33)19-7-5-4-6-18(19)26-22/h4-10,12-13H,11H2,1-3H3,(H,25,32). The Kier molecular flexibility index (Phi) is 5.25. The lowest BCUT2D eigenvalue weighted by atomic mass is 10.1. The fourth-order valence-corrected chi connectivity index (χ4v) is 3.68. The predicted octanol–water partition coefficient (Wildman–Crippen LogP) is 2.95. The van der Waals surface area contributed by atoms with E-state index in [1.807, 2.05) is 37.3 Å². The van der Waals surface area contributed by atoms with E-state index < -0.39 is 5.91 Å². The maximum absolute atomic E-state index is 12.7. The molecule has 0 aliphatic carbocycles. The van der Waals surface area contributed by atoms with E-state index in [-0.39, 0.29) is 17.9 Å². The molecule has 0 unspecified atom stereocenters. The Morgan fingerprint density at radius 2 is 2.06 bits per heavy atom. The van der Waals surface area contributed by atoms with Gasteiger partial charge in [-0.3, -0.25) is 4.79 Å². The van der Waals surface area contributed by atoms with Gasteiger partial charge in [0.1, 0.15) is 16.9 Å². The average molecular weight is 455 g/mol. The zero-order valence-electron chi connectivity index (χ0n) is 18.8. The molecule has 0 saturated heterocycles. The molecular formula is C24H21N7O3. The van der Waals surface area contributed by atoms with Gasteiger partial charge in [-0.05, 0) is 48.0 Å². The van der Waals surface area contributed by atoms with Crippen molar-refractivity contribution in [2.45, 2.75) is 13.8 Å². The third kappa shape index (κ3) is 3.85. The van der Waals surface area contributed by atoms with Crippen LogP contribution in [-0.2, 0) is 7.05 Å². The molecule has 5 rings (SSSR count). The van der Waals surface area contributed by atoms with E-state index in [9.17, 15) is 10.0 Å². The molecule has 1 N–H and O–H groups in total. The summed E-state index contributed by atoms with van der Waals surface area (Å²) < 4.78 is 6.69. The number of rotatable bonds is 5. The van der Waals surface area contributed by atoms with Crippen molar-refractivity contribution < 1.29 is 13.9 Å². The van der Waals surface area contributed by atoms with Crippen LogP contribution in [0.4, 0.5) is 0 Å². The predicted molar refractivity (Wildman–Crippen MR) is 125 cm³/mol. The summed E-state index contributed by atoms with van der Waals surface area (Å²) in [6.45, 7) is 3.74. The van der Waals surface area contributed by atoms with E-state index >= 15 is 0 Å². The summed E-state index contributed by atoms with van der Waals surface area (Å²) in [4.78, 5) is 18.5. The van der Waals surface area contributed by atoms with Crippen molar-refractivity contribution in [1.29, 1.82) is 0 Å². The smallest absolute Gasteiger partial charge is 0.276 e. The summed E-state index contributed by atoms with van der Waals surface area (Å²) in [7, 11) is 1.72. The van der Waals surface area contributed by atoms with Gasteiger partial charge < -0.3 is 14.9 Å². The number of para-hydroxylation sites is 2. The first-order valence-electron chi connectivity index (χ1n) is 10.6. The second kappa shape index (κ2) is 8.39. The molecule has 0 bridgehead atoms. The van der Waals surface area contributed by atoms with Gasteiger partial charge in [-0.25, -0.2) is 4.98 Å². The van der Waals surface area contributed by atoms with Crippen LogP contribution in [-0.4, -0.2) is 37.6 Å². The molecule has 0 fully saturated rings. The van der Waals surface area contributed by atoms with Crippen LogP contribution in [0.5, 0.6) is 0 Å². The van der Waals surface area contributed by atoms with Gasteiger partial charge in [0, 0.05) is 30.5 Å². The normalized spacial score (nSPS) is 11.9. The second-order valence-corrected chi connectivity index (χ2v) is 7.89. The third-order valence-electron chi connectivity index (χ3n) is 5.54. The van der Waals surface area contributed by atoms with Crippen molar-refractivity contribution in [3.05, 3.63) is 77.0 Å². The van der Waals surface area contributed by atoms with Gasteiger partial charge in [0.05, 0.1) is 7.05 Å². The molecule has 170 valence electrons. The van der Waals surface area contributed by atoms with Crippen molar-refractivity contribution in [3.8, 4) is 11.4 Å². The number of fused-ring (bicyclic) bond motifs is 2. The molecule has 0 aliphatic heterocycles. The molecule has 10 heteroatoms. The molecule has 3 heterocycles. The maximum Gasteiger partial charge on any atom is 0.276 e. The van der Waals surface area contributed by atoms with Crippen LogP contribution in [0.3, 0.4) is 0 Å². The number of aromatic nitrogens is 6. The number of carbonyl (C=O) groups is 1. The van der Waals surface area contributed by atoms with E-state index in [0.717, 1.165) is 26.8 Å². The van der Waals surface area contributed by atoms with Crippen molar-refractivity contribution in [1.82, 2.24) is 30.5 Å². The van der Waals surface area contributed by atoms with Crippen molar-refractivity contribution in [3.63, 3.8) is 0 Å². The number of allylic oxidation sites excluding steroid dienone is 1. The Labute approximate surface area is 194 Å². The second-order valence-electron chi connectivity index (χ2n) is 7.89. The van der Waals surface area contributed by atoms with Crippen LogP contribution in [0.1, 0.15) is 28.9 Å². The summed E-state index contributed by atoms with van der Waals surface area (Å²) in [6.07, 6.45) is 1.85. The monoisotopic (exact) mass is 455 g/mol. The Bertz CT molecular complexity index is 1580. The van der Waals surface area contributed by atoms with Crippen LogP contribution in [0.25, 0.3) is 39.0 Å². The zero-order valence-corrected chi connectivity index (χ0v) is 18.8. The fraction of sp³-hybridized carbons (Fsp3) is 0.167. The largest absolute Gasteiger partial charge is 0.618 e. The number of benzene rings is 2. The number of aryl methyl sites for hydroxylation is 1. The molecule has 2 aromatic carbocycles. The molecule has 10 nitrogen and oxygen atoms in total. The Morgan fingerprint density at radius 1 is 1.24 bits per heavy atom. The Balaban J connectivity index is 1.32. The lowest BCUT2D eigenvalue weighted by Gasteiger charge is -2.09. The van der Waals surface area contributed by atoms with E-state index in [1.165, 1.54) is 4.80 Å². The Hall–Kier alpha value is -4.60. The van der Waals surface area contributed by atoms with E-state index in [2.05, 4.69) is 25.7 Å². The molecule has 1 amide bonds. The van der Waals surface area contributed by atoms with Crippen LogP contribution in [0.2, 0.25) is 0 Å². The van der Waals surface area contributed by atoms with Gasteiger partial charge in [-0.2, -0.15) is 9.53 Å². The van der Waals surface area contributed by atoms with Crippen molar-refractivity contribution in [2.24, 2.45) is 7.05 Å². The number of furan rings is 1. The van der Waals surface area contributed by atoms with Gasteiger partial charge in [-0.1, -0.05) is 18.2 Å². The fourth-order valence-electron chi connectivity index (χ4n) is 3.68. The maximum atomic E-state index is 12.7. The van der Waals surface area contributed by atoms with Gasteiger partial charge in [0.2, 0.25) is 17.0 Å². The summed E-state index contributed by atoms with van der Waals surface area (Å²) >= 11 is 0. The minimum Gasteiger partial charge on any atom is -0.618 e. The first-order chi connectivity index (χ1) is 16.4. The third-order valence-corrected chi connectivity index (χ3v) is 5.54. The van der Waals surface area contributed by atoms with Gasteiger partial charge in [-0.15, -0.1) is 10.2 Å². The lowest BCUT2D eigenvalue weighted by molar-refractivity contribution is -0.584. The highest BCUT2D eigenvalue weighted by atomic mass is 16.5. The first-order valence-corrected chi connectivity index (χ1v) is 10.6. The SMILES string of the molecule is CC(=CCNC(=O)c1nc2ccccc2[n+]([O-])c1C)c1cc2cc(-c3nnn(C)n3)ccc2o1. The molecule has 0 aliphatic rings. The number of nitrogens with one attached hydrogen (secondary N) is 1. The average Bonchev–Trinajstić information content (AvgIpc) is 3.47. The van der Waals surface area contributed by atoms with E-state index in [1.54, 1.807) is 38.2 Å². The number of hydrogen-bond donors (Lipinski definition) is 1. The molecule has 0 atom stereocenters. The molecular weight excluding hydrogens is 434 g/mol. The van der Waals surface area contributed by atoms with Crippen LogP contribution in [0.15, 0.2) is 59.0 Å². The quantitative estimate of drug-likeness (QED) is 0.319. The van der Waals surface area contributed by atoms with Crippen LogP contribution < -0.4 is 10.0 Å². The summed E-state index contributed by atoms with van der Waals surface area (Å²) in [6, 6.07) is 14.5. The van der Waals surface area contributed by atoms with E-state index in [4.69, 9.17) is 4.42 Å². The highest BCUT2D eigenvalue weighted by Crippen LogP contribution is 2.27. The van der Waals surface area contributed by atoms with Crippen LogP contribution in [0, 0.1) is 12.1 Å². The number of tetrazole rings is 1. The molecule has 3 aromatic heterocycles. The van der Waals surface area contributed by atoms with Crippen molar-refractivity contribution >= 4 is 33.5 Å². The molecule has 5 aromatic rings. The highest BCUT2D eigenvalue weighted by molar-refractivity contribution is 5.94. The zero-order chi connectivity index (χ0) is 23.8. The summed E-state index contributed by atoms with van der Waals surface area (Å²) in [5.74, 6) is 0.813. The number of hydrogen-bond acceptors (Lipinski definition) is 7. The Morgan fingerprint density at radius 3 is 2.85 bits per heavy atom.